The molecule has 4 aromatic heterocycles. The number of thiophene rings is 1. The van der Waals surface area contributed by atoms with Gasteiger partial charge in [-0.3, -0.25) is 0 Å². The van der Waals surface area contributed by atoms with E-state index in [-0.39, 0.29) is 0 Å². The Morgan fingerprint density at radius 3 is 2.12 bits per heavy atom. The van der Waals surface area contributed by atoms with Gasteiger partial charge in [0.05, 0.1) is 26.8 Å². The first-order valence-electron chi connectivity index (χ1n) is 11.7. The average molecular weight is 451 g/mol. The lowest BCUT2D eigenvalue weighted by Gasteiger charge is -2.05. The number of rotatable bonds is 0. The van der Waals surface area contributed by atoms with Crippen molar-refractivity contribution in [2.24, 2.45) is 7.05 Å². The summed E-state index contributed by atoms with van der Waals surface area (Å²) in [5.74, 6) is 0. The van der Waals surface area contributed by atoms with Gasteiger partial charge in [-0.15, -0.1) is 11.3 Å². The molecule has 0 saturated carbocycles. The third-order valence-corrected chi connectivity index (χ3v) is 9.03. The van der Waals surface area contributed by atoms with Crippen molar-refractivity contribution >= 4 is 91.4 Å². The van der Waals surface area contributed by atoms with Gasteiger partial charge in [-0.05, 0) is 29.7 Å². The smallest absolute Gasteiger partial charge is 0.0691 e. The van der Waals surface area contributed by atoms with Crippen LogP contribution in [0.4, 0.5) is 0 Å². The zero-order valence-electron chi connectivity index (χ0n) is 18.5. The number of hydrogen-bond donors (Lipinski definition) is 0. The number of aryl methyl sites for hydroxylation is 1. The molecule has 0 unspecified atom stereocenters. The van der Waals surface area contributed by atoms with Gasteiger partial charge in [-0.2, -0.15) is 0 Å². The molecule has 0 fully saturated rings. The van der Waals surface area contributed by atoms with Crippen LogP contribution in [-0.2, 0) is 7.05 Å². The molecule has 0 saturated heterocycles. The number of hydrogen-bond acceptors (Lipinski definition) is 1. The van der Waals surface area contributed by atoms with Gasteiger partial charge in [0, 0.05) is 55.0 Å². The summed E-state index contributed by atoms with van der Waals surface area (Å²) in [6.45, 7) is 0. The molecule has 158 valence electrons. The van der Waals surface area contributed by atoms with Gasteiger partial charge >= 0.3 is 0 Å². The van der Waals surface area contributed by atoms with Crippen LogP contribution in [0, 0.1) is 0 Å². The Kier molecular flexibility index (Phi) is 2.91. The summed E-state index contributed by atoms with van der Waals surface area (Å²) in [6, 6.07) is 33.8. The molecule has 3 heteroatoms. The van der Waals surface area contributed by atoms with Crippen molar-refractivity contribution in [3.05, 3.63) is 91.0 Å². The van der Waals surface area contributed by atoms with Crippen molar-refractivity contribution in [3.8, 4) is 0 Å². The van der Waals surface area contributed by atoms with Crippen molar-refractivity contribution in [1.29, 1.82) is 0 Å². The Labute approximate surface area is 198 Å². The van der Waals surface area contributed by atoms with E-state index < -0.39 is 0 Å². The highest BCUT2D eigenvalue weighted by Gasteiger charge is 2.23. The van der Waals surface area contributed by atoms with Crippen LogP contribution in [0.2, 0.25) is 0 Å². The van der Waals surface area contributed by atoms with Crippen LogP contribution < -0.4 is 0 Å². The second-order valence-electron chi connectivity index (χ2n) is 9.41. The van der Waals surface area contributed by atoms with Crippen molar-refractivity contribution in [3.63, 3.8) is 0 Å². The summed E-state index contributed by atoms with van der Waals surface area (Å²) in [5, 5.41) is 10.7. The van der Waals surface area contributed by atoms with Crippen molar-refractivity contribution in [2.75, 3.05) is 0 Å². The summed E-state index contributed by atoms with van der Waals surface area (Å²) in [6.07, 6.45) is 0. The predicted molar refractivity (Wildman–Crippen MR) is 148 cm³/mol. The van der Waals surface area contributed by atoms with Gasteiger partial charge in [0.15, 0.2) is 0 Å². The molecule has 9 rings (SSSR count). The summed E-state index contributed by atoms with van der Waals surface area (Å²) in [5.41, 5.74) is 6.52. The van der Waals surface area contributed by atoms with E-state index in [9.17, 15) is 0 Å². The fourth-order valence-electron chi connectivity index (χ4n) is 6.48. The molecular weight excluding hydrogens is 432 g/mol. The van der Waals surface area contributed by atoms with Crippen molar-refractivity contribution < 1.29 is 0 Å². The summed E-state index contributed by atoms with van der Waals surface area (Å²) < 4.78 is 7.68. The fourth-order valence-corrected chi connectivity index (χ4v) is 7.75. The van der Waals surface area contributed by atoms with Crippen molar-refractivity contribution in [2.45, 2.75) is 0 Å². The largest absolute Gasteiger partial charge is 0.342 e. The Morgan fingerprint density at radius 2 is 1.21 bits per heavy atom. The molecular formula is C31H18N2S. The Bertz CT molecular complexity index is 2290. The monoisotopic (exact) mass is 450 g/mol. The van der Waals surface area contributed by atoms with Gasteiger partial charge in [-0.25, -0.2) is 0 Å². The quantitative estimate of drug-likeness (QED) is 0.218. The Hall–Kier alpha value is -4.08. The number of fused-ring (bicyclic) bond motifs is 9. The maximum atomic E-state index is 2.54. The van der Waals surface area contributed by atoms with E-state index in [0.29, 0.717) is 0 Å². The molecule has 34 heavy (non-hydrogen) atoms. The fraction of sp³-hybridized carbons (Fsp3) is 0.0323. The first-order valence-corrected chi connectivity index (χ1v) is 12.5. The molecule has 0 aliphatic carbocycles. The molecule has 0 bridgehead atoms. The number of nitrogens with zero attached hydrogens (tertiary/aromatic N) is 2. The molecule has 5 aromatic carbocycles. The molecule has 0 amide bonds. The summed E-state index contributed by atoms with van der Waals surface area (Å²) in [7, 11) is 2.24. The van der Waals surface area contributed by atoms with Gasteiger partial charge in [0.1, 0.15) is 0 Å². The molecule has 4 heterocycles. The first-order chi connectivity index (χ1) is 16.8. The lowest BCUT2D eigenvalue weighted by Crippen LogP contribution is -1.89. The minimum Gasteiger partial charge on any atom is -0.342 e. The highest BCUT2D eigenvalue weighted by molar-refractivity contribution is 7.26. The number of para-hydroxylation sites is 2. The zero-order valence-corrected chi connectivity index (χ0v) is 19.3. The Balaban J connectivity index is 1.79. The van der Waals surface area contributed by atoms with Crippen LogP contribution in [0.15, 0.2) is 91.0 Å². The first kappa shape index (κ1) is 17.4. The van der Waals surface area contributed by atoms with Crippen LogP contribution in [0.1, 0.15) is 0 Å². The van der Waals surface area contributed by atoms with Gasteiger partial charge in [0.2, 0.25) is 0 Å². The minimum absolute atomic E-state index is 1.27. The maximum absolute atomic E-state index is 2.54. The van der Waals surface area contributed by atoms with E-state index in [1.807, 2.05) is 11.3 Å². The third-order valence-electron chi connectivity index (χ3n) is 7.84. The topological polar surface area (TPSA) is 9.34 Å². The van der Waals surface area contributed by atoms with Crippen LogP contribution in [0.3, 0.4) is 0 Å². The van der Waals surface area contributed by atoms with E-state index >= 15 is 0 Å². The molecule has 9 aromatic rings. The summed E-state index contributed by atoms with van der Waals surface area (Å²) >= 11 is 1.92. The molecule has 0 radical (unpaired) electrons. The Morgan fingerprint density at radius 1 is 0.529 bits per heavy atom. The van der Waals surface area contributed by atoms with E-state index in [1.165, 1.54) is 80.1 Å². The van der Waals surface area contributed by atoms with Crippen LogP contribution in [0.25, 0.3) is 80.1 Å². The zero-order chi connectivity index (χ0) is 22.1. The normalized spacial score (nSPS) is 12.9. The van der Waals surface area contributed by atoms with Crippen LogP contribution >= 0.6 is 11.3 Å². The van der Waals surface area contributed by atoms with Crippen LogP contribution in [-0.4, -0.2) is 8.97 Å². The van der Waals surface area contributed by atoms with E-state index in [0.717, 1.165) is 0 Å². The van der Waals surface area contributed by atoms with Crippen LogP contribution in [0.5, 0.6) is 0 Å². The van der Waals surface area contributed by atoms with Gasteiger partial charge in [0.25, 0.3) is 0 Å². The standard InChI is InChI=1S/C31H18N2S/c1-32-24-14-7-10-19-21-12-6-11-20-17-8-2-4-13-23(17)33(29(20)21)25-16-22-18-9-3-5-15-26(18)34-31(22)30(32)28(25)27(19)24/h2-16H,1H3. The second kappa shape index (κ2) is 5.69. The molecule has 0 aliphatic heterocycles. The number of benzene rings is 5. The molecule has 0 aliphatic rings. The average Bonchev–Trinajstić information content (AvgIpc) is 3.49. The third kappa shape index (κ3) is 1.80. The lowest BCUT2D eigenvalue weighted by molar-refractivity contribution is 1.02. The maximum Gasteiger partial charge on any atom is 0.0691 e. The highest BCUT2D eigenvalue weighted by Crippen LogP contribution is 2.47. The van der Waals surface area contributed by atoms with Crippen molar-refractivity contribution in [1.82, 2.24) is 8.97 Å². The second-order valence-corrected chi connectivity index (χ2v) is 10.5. The van der Waals surface area contributed by atoms with E-state index in [2.05, 4.69) is 107 Å². The molecule has 2 nitrogen and oxygen atoms in total. The van der Waals surface area contributed by atoms with E-state index in [4.69, 9.17) is 0 Å². The minimum atomic E-state index is 1.27. The lowest BCUT2D eigenvalue weighted by atomic mass is 10.0. The SMILES string of the molecule is Cn1c2cccc3c4cccc5c6ccccc6n(c6cc7c8ccccc8sc7c1c6c32)c45. The molecule has 0 atom stereocenters. The van der Waals surface area contributed by atoms with Gasteiger partial charge in [-0.1, -0.05) is 66.7 Å². The molecule has 0 spiro atoms. The van der Waals surface area contributed by atoms with E-state index in [1.54, 1.807) is 0 Å². The number of aromatic nitrogens is 2. The molecule has 0 N–H and O–H groups in total. The predicted octanol–water partition coefficient (Wildman–Crippen LogP) is 8.85. The highest BCUT2D eigenvalue weighted by atomic mass is 32.1. The summed E-state index contributed by atoms with van der Waals surface area (Å²) in [4.78, 5) is 0. The van der Waals surface area contributed by atoms with Gasteiger partial charge < -0.3 is 8.97 Å².